The number of hydrogen-bond donors (Lipinski definition) is 0. The summed E-state index contributed by atoms with van der Waals surface area (Å²) in [7, 11) is 2.00. The van der Waals surface area contributed by atoms with Crippen LogP contribution in [0.4, 0.5) is 0 Å². The molecular formula is C15H19BrN2. The van der Waals surface area contributed by atoms with Crippen LogP contribution < -0.4 is 0 Å². The quantitative estimate of drug-likeness (QED) is 0.841. The van der Waals surface area contributed by atoms with Crippen LogP contribution in [-0.2, 0) is 19.9 Å². The Morgan fingerprint density at radius 3 is 2.22 bits per heavy atom. The molecule has 0 atom stereocenters. The molecule has 2 nitrogen and oxygen atoms in total. The standard InChI is InChI=1S/C15H19BrN2/c1-10-7-11(2)13(12(3)8-10)5-6-14-15(16)18(4)9-17-14/h7-9H,5-6H2,1-4H3. The number of hydrogen-bond acceptors (Lipinski definition) is 1. The van der Waals surface area contributed by atoms with Gasteiger partial charge in [0.25, 0.3) is 0 Å². The van der Waals surface area contributed by atoms with E-state index < -0.39 is 0 Å². The maximum atomic E-state index is 4.42. The van der Waals surface area contributed by atoms with E-state index in [-0.39, 0.29) is 0 Å². The molecule has 0 saturated carbocycles. The van der Waals surface area contributed by atoms with Gasteiger partial charge >= 0.3 is 0 Å². The van der Waals surface area contributed by atoms with E-state index in [1.165, 1.54) is 22.3 Å². The zero-order chi connectivity index (χ0) is 13.3. The molecular weight excluding hydrogens is 288 g/mol. The minimum Gasteiger partial charge on any atom is -0.328 e. The molecule has 1 aromatic carbocycles. The third-order valence-corrected chi connectivity index (χ3v) is 4.40. The third-order valence-electron chi connectivity index (χ3n) is 3.39. The lowest BCUT2D eigenvalue weighted by Gasteiger charge is -2.10. The van der Waals surface area contributed by atoms with E-state index >= 15 is 0 Å². The molecule has 0 bridgehead atoms. The Labute approximate surface area is 117 Å². The molecule has 0 spiro atoms. The SMILES string of the molecule is Cc1cc(C)c(CCc2ncn(C)c2Br)c(C)c1. The molecule has 1 heterocycles. The Balaban J connectivity index is 2.18. The van der Waals surface area contributed by atoms with E-state index in [1.54, 1.807) is 0 Å². The number of rotatable bonds is 3. The smallest absolute Gasteiger partial charge is 0.107 e. The molecule has 96 valence electrons. The van der Waals surface area contributed by atoms with Gasteiger partial charge in [0.1, 0.15) is 4.60 Å². The third kappa shape index (κ3) is 2.66. The summed E-state index contributed by atoms with van der Waals surface area (Å²) in [5.74, 6) is 0. The lowest BCUT2D eigenvalue weighted by atomic mass is 9.96. The molecule has 1 aromatic heterocycles. The lowest BCUT2D eigenvalue weighted by Crippen LogP contribution is -1.99. The molecule has 18 heavy (non-hydrogen) atoms. The summed E-state index contributed by atoms with van der Waals surface area (Å²) in [5, 5.41) is 0. The van der Waals surface area contributed by atoms with Gasteiger partial charge in [-0.2, -0.15) is 0 Å². The molecule has 0 fully saturated rings. The van der Waals surface area contributed by atoms with Crippen molar-refractivity contribution in [3.8, 4) is 0 Å². The summed E-state index contributed by atoms with van der Waals surface area (Å²) in [5.41, 5.74) is 6.71. The van der Waals surface area contributed by atoms with E-state index in [9.17, 15) is 0 Å². The first-order valence-corrected chi connectivity index (χ1v) is 7.00. The van der Waals surface area contributed by atoms with Crippen molar-refractivity contribution in [2.24, 2.45) is 7.05 Å². The fourth-order valence-electron chi connectivity index (χ4n) is 2.48. The highest BCUT2D eigenvalue weighted by atomic mass is 79.9. The average molecular weight is 307 g/mol. The van der Waals surface area contributed by atoms with Crippen molar-refractivity contribution >= 4 is 15.9 Å². The van der Waals surface area contributed by atoms with Crippen LogP contribution in [0, 0.1) is 20.8 Å². The predicted octanol–water partition coefficient (Wildman–Crippen LogP) is 3.89. The highest BCUT2D eigenvalue weighted by Crippen LogP contribution is 2.21. The summed E-state index contributed by atoms with van der Waals surface area (Å²) in [6, 6.07) is 4.52. The molecule has 0 amide bonds. The van der Waals surface area contributed by atoms with Crippen LogP contribution >= 0.6 is 15.9 Å². The normalized spacial score (nSPS) is 10.9. The van der Waals surface area contributed by atoms with E-state index in [0.717, 1.165) is 23.1 Å². The van der Waals surface area contributed by atoms with Crippen molar-refractivity contribution in [1.82, 2.24) is 9.55 Å². The van der Waals surface area contributed by atoms with Gasteiger partial charge in [0.15, 0.2) is 0 Å². The van der Waals surface area contributed by atoms with Gasteiger partial charge in [-0.3, -0.25) is 0 Å². The minimum absolute atomic E-state index is 0.978. The Hall–Kier alpha value is -1.09. The molecule has 0 aliphatic carbocycles. The van der Waals surface area contributed by atoms with Crippen LogP contribution in [0.25, 0.3) is 0 Å². The lowest BCUT2D eigenvalue weighted by molar-refractivity contribution is 0.872. The maximum absolute atomic E-state index is 4.42. The highest BCUT2D eigenvalue weighted by Gasteiger charge is 2.09. The summed E-state index contributed by atoms with van der Waals surface area (Å²) in [4.78, 5) is 4.42. The van der Waals surface area contributed by atoms with Gasteiger partial charge in [-0.15, -0.1) is 0 Å². The van der Waals surface area contributed by atoms with Gasteiger partial charge in [-0.05, 0) is 66.2 Å². The molecule has 0 aliphatic heterocycles. The zero-order valence-electron chi connectivity index (χ0n) is 11.4. The van der Waals surface area contributed by atoms with Gasteiger partial charge in [0, 0.05) is 7.05 Å². The maximum Gasteiger partial charge on any atom is 0.107 e. The Kier molecular flexibility index (Phi) is 3.91. The fraction of sp³-hybridized carbons (Fsp3) is 0.400. The van der Waals surface area contributed by atoms with E-state index in [4.69, 9.17) is 0 Å². The molecule has 0 unspecified atom stereocenters. The highest BCUT2D eigenvalue weighted by molar-refractivity contribution is 9.10. The molecule has 2 aromatic rings. The largest absolute Gasteiger partial charge is 0.328 e. The summed E-state index contributed by atoms with van der Waals surface area (Å²) < 4.78 is 3.09. The van der Waals surface area contributed by atoms with Crippen LogP contribution in [0.1, 0.15) is 27.9 Å². The van der Waals surface area contributed by atoms with Crippen molar-refractivity contribution in [1.29, 1.82) is 0 Å². The van der Waals surface area contributed by atoms with Crippen LogP contribution in [0.15, 0.2) is 23.1 Å². The van der Waals surface area contributed by atoms with Crippen molar-refractivity contribution in [2.45, 2.75) is 33.6 Å². The average Bonchev–Trinajstić information content (AvgIpc) is 2.59. The van der Waals surface area contributed by atoms with Crippen molar-refractivity contribution < 1.29 is 0 Å². The van der Waals surface area contributed by atoms with Gasteiger partial charge in [-0.1, -0.05) is 17.7 Å². The van der Waals surface area contributed by atoms with Gasteiger partial charge in [0.2, 0.25) is 0 Å². The van der Waals surface area contributed by atoms with E-state index in [1.807, 2.05) is 17.9 Å². The summed E-state index contributed by atoms with van der Waals surface area (Å²) in [6.07, 6.45) is 3.88. The second kappa shape index (κ2) is 5.27. The number of halogens is 1. The molecule has 2 rings (SSSR count). The monoisotopic (exact) mass is 306 g/mol. The van der Waals surface area contributed by atoms with Crippen molar-refractivity contribution in [2.75, 3.05) is 0 Å². The van der Waals surface area contributed by atoms with Crippen LogP contribution in [0.5, 0.6) is 0 Å². The van der Waals surface area contributed by atoms with Crippen LogP contribution in [0.2, 0.25) is 0 Å². The first-order valence-electron chi connectivity index (χ1n) is 6.21. The van der Waals surface area contributed by atoms with E-state index in [2.05, 4.69) is 53.8 Å². The number of aryl methyl sites for hydroxylation is 5. The van der Waals surface area contributed by atoms with Crippen molar-refractivity contribution in [3.05, 3.63) is 51.0 Å². The Bertz CT molecular complexity index is 547. The van der Waals surface area contributed by atoms with Crippen molar-refractivity contribution in [3.63, 3.8) is 0 Å². The summed E-state index contributed by atoms with van der Waals surface area (Å²) in [6.45, 7) is 6.55. The Morgan fingerprint density at radius 1 is 1.11 bits per heavy atom. The Morgan fingerprint density at radius 2 is 1.72 bits per heavy atom. The summed E-state index contributed by atoms with van der Waals surface area (Å²) >= 11 is 3.57. The second-order valence-electron chi connectivity index (χ2n) is 4.97. The number of benzene rings is 1. The molecule has 0 N–H and O–H groups in total. The first kappa shape index (κ1) is 13.3. The molecule has 0 radical (unpaired) electrons. The molecule has 0 aliphatic rings. The number of nitrogens with zero attached hydrogens (tertiary/aromatic N) is 2. The number of aromatic nitrogens is 2. The topological polar surface area (TPSA) is 17.8 Å². The van der Waals surface area contributed by atoms with E-state index in [0.29, 0.717) is 0 Å². The van der Waals surface area contributed by atoms with Gasteiger partial charge in [0.05, 0.1) is 12.0 Å². The van der Waals surface area contributed by atoms with Gasteiger partial charge < -0.3 is 4.57 Å². The molecule has 0 saturated heterocycles. The number of imidazole rings is 1. The second-order valence-corrected chi connectivity index (χ2v) is 5.72. The van der Waals surface area contributed by atoms with Gasteiger partial charge in [-0.25, -0.2) is 4.98 Å². The zero-order valence-corrected chi connectivity index (χ0v) is 13.0. The van der Waals surface area contributed by atoms with Crippen LogP contribution in [-0.4, -0.2) is 9.55 Å². The predicted molar refractivity (Wildman–Crippen MR) is 79.0 cm³/mol. The minimum atomic E-state index is 0.978. The fourth-order valence-corrected chi connectivity index (χ4v) is 2.87. The first-order chi connectivity index (χ1) is 8.49. The van der Waals surface area contributed by atoms with Crippen LogP contribution in [0.3, 0.4) is 0 Å². The molecule has 3 heteroatoms.